The molecule has 0 spiro atoms. The number of hydrogen-bond acceptors (Lipinski definition) is 4. The highest BCUT2D eigenvalue weighted by atomic mass is 79.9. The Morgan fingerprint density at radius 1 is 0.931 bits per heavy atom. The second kappa shape index (κ2) is 8.14. The van der Waals surface area contributed by atoms with Crippen molar-refractivity contribution >= 4 is 37.8 Å². The number of hydrogen-bond donors (Lipinski definition) is 0. The third kappa shape index (κ3) is 4.76. The van der Waals surface area contributed by atoms with Crippen LogP contribution >= 0.6 is 31.9 Å². The molecule has 156 valence electrons. The van der Waals surface area contributed by atoms with Crippen LogP contribution in [0.4, 0.5) is 0 Å². The Kier molecular flexibility index (Phi) is 6.31. The molecule has 1 saturated heterocycles. The first-order valence-corrected chi connectivity index (χ1v) is 11.1. The predicted molar refractivity (Wildman–Crippen MR) is 121 cm³/mol. The molecule has 1 heterocycles. The van der Waals surface area contributed by atoms with E-state index in [1.54, 1.807) is 6.92 Å². The average molecular weight is 526 g/mol. The quantitative estimate of drug-likeness (QED) is 0.339. The van der Waals surface area contributed by atoms with Crippen LogP contribution < -0.4 is 4.74 Å². The smallest absolute Gasteiger partial charge is 0.321 e. The maximum absolute atomic E-state index is 12.9. The van der Waals surface area contributed by atoms with Gasteiger partial charge in [-0.25, -0.2) is 0 Å². The fraction of sp³-hybridized carbons (Fsp3) is 0.435. The van der Waals surface area contributed by atoms with Gasteiger partial charge in [-0.2, -0.15) is 0 Å². The Balaban J connectivity index is 1.88. The van der Waals surface area contributed by atoms with Crippen molar-refractivity contribution in [1.29, 1.82) is 0 Å². The van der Waals surface area contributed by atoms with Crippen LogP contribution in [-0.4, -0.2) is 25.0 Å². The molecule has 6 heteroatoms. The number of carbonyl (C=O) groups excluding carboxylic acids is 1. The van der Waals surface area contributed by atoms with E-state index in [0.29, 0.717) is 14.7 Å². The topological polar surface area (TPSA) is 44.8 Å². The van der Waals surface area contributed by atoms with Gasteiger partial charge in [-0.15, -0.1) is 0 Å². The summed E-state index contributed by atoms with van der Waals surface area (Å²) in [5, 5.41) is 0. The highest BCUT2D eigenvalue weighted by Gasteiger charge is 2.44. The number of halogens is 2. The van der Waals surface area contributed by atoms with Crippen LogP contribution in [0.5, 0.6) is 5.75 Å². The molecule has 29 heavy (non-hydrogen) atoms. The van der Waals surface area contributed by atoms with Crippen molar-refractivity contribution in [2.75, 3.05) is 13.2 Å². The van der Waals surface area contributed by atoms with E-state index in [0.717, 1.165) is 5.56 Å². The van der Waals surface area contributed by atoms with E-state index in [1.807, 2.05) is 26.0 Å². The molecular formula is C23H26Br2O4. The molecule has 0 N–H and O–H groups in total. The van der Waals surface area contributed by atoms with E-state index in [2.05, 4.69) is 64.8 Å². The van der Waals surface area contributed by atoms with Crippen LogP contribution in [0.25, 0.3) is 11.1 Å². The second-order valence-corrected chi connectivity index (χ2v) is 10.2. The zero-order chi connectivity index (χ0) is 21.6. The minimum absolute atomic E-state index is 0.244. The number of rotatable bonds is 3. The maximum Gasteiger partial charge on any atom is 0.321 e. The molecular weight excluding hydrogens is 500 g/mol. The minimum Gasteiger partial charge on any atom is -0.424 e. The van der Waals surface area contributed by atoms with Gasteiger partial charge < -0.3 is 14.2 Å². The molecule has 1 aliphatic heterocycles. The fourth-order valence-electron chi connectivity index (χ4n) is 3.52. The number of ether oxygens (including phenoxy) is 3. The van der Waals surface area contributed by atoms with Crippen LogP contribution in [0, 0.1) is 26.2 Å². The van der Waals surface area contributed by atoms with E-state index >= 15 is 0 Å². The molecule has 0 aliphatic carbocycles. The van der Waals surface area contributed by atoms with Gasteiger partial charge in [-0.3, -0.25) is 4.79 Å². The van der Waals surface area contributed by atoms with Crippen molar-refractivity contribution in [3.05, 3.63) is 49.9 Å². The Hall–Kier alpha value is -1.21. The van der Waals surface area contributed by atoms with Crippen LogP contribution in [0.3, 0.4) is 0 Å². The Morgan fingerprint density at radius 3 is 1.90 bits per heavy atom. The van der Waals surface area contributed by atoms with Gasteiger partial charge in [0.05, 0.1) is 22.2 Å². The molecule has 2 aromatic carbocycles. The molecule has 0 unspecified atom stereocenters. The van der Waals surface area contributed by atoms with Gasteiger partial charge in [0.1, 0.15) is 5.41 Å². The van der Waals surface area contributed by atoms with Crippen molar-refractivity contribution in [3.63, 3.8) is 0 Å². The van der Waals surface area contributed by atoms with Gasteiger partial charge in [0.15, 0.2) is 11.5 Å². The zero-order valence-electron chi connectivity index (χ0n) is 17.6. The number of esters is 1. The van der Waals surface area contributed by atoms with Crippen molar-refractivity contribution in [1.82, 2.24) is 0 Å². The predicted octanol–water partition coefficient (Wildman–Crippen LogP) is 6.50. The van der Waals surface area contributed by atoms with E-state index in [-0.39, 0.29) is 19.2 Å². The summed E-state index contributed by atoms with van der Waals surface area (Å²) < 4.78 is 18.5. The third-order valence-electron chi connectivity index (χ3n) is 5.13. The summed E-state index contributed by atoms with van der Waals surface area (Å²) in [5.41, 5.74) is 5.02. The van der Waals surface area contributed by atoms with Gasteiger partial charge in [-0.05, 0) is 108 Å². The van der Waals surface area contributed by atoms with Crippen LogP contribution in [0.15, 0.2) is 33.2 Å². The van der Waals surface area contributed by atoms with Crippen molar-refractivity contribution in [3.8, 4) is 16.9 Å². The summed E-state index contributed by atoms with van der Waals surface area (Å²) in [5.74, 6) is -0.621. The molecule has 0 radical (unpaired) electrons. The van der Waals surface area contributed by atoms with Gasteiger partial charge >= 0.3 is 5.97 Å². The Labute approximate surface area is 189 Å². The van der Waals surface area contributed by atoms with Crippen molar-refractivity contribution in [2.24, 2.45) is 5.41 Å². The number of carbonyl (C=O) groups is 1. The Morgan fingerprint density at radius 2 is 1.41 bits per heavy atom. The molecule has 1 aliphatic rings. The summed E-state index contributed by atoms with van der Waals surface area (Å²) in [6.45, 7) is 12.3. The monoisotopic (exact) mass is 524 g/mol. The maximum atomic E-state index is 12.9. The van der Waals surface area contributed by atoms with E-state index < -0.39 is 11.2 Å². The molecule has 3 rings (SSSR count). The lowest BCUT2D eigenvalue weighted by molar-refractivity contribution is -0.279. The van der Waals surface area contributed by atoms with E-state index in [4.69, 9.17) is 14.2 Å². The lowest BCUT2D eigenvalue weighted by atomic mass is 9.91. The number of aryl methyl sites for hydroxylation is 3. The highest BCUT2D eigenvalue weighted by molar-refractivity contribution is 9.11. The zero-order valence-corrected chi connectivity index (χ0v) is 20.8. The average Bonchev–Trinajstić information content (AvgIpc) is 2.60. The first-order valence-electron chi connectivity index (χ1n) is 9.49. The lowest BCUT2D eigenvalue weighted by Gasteiger charge is -2.39. The summed E-state index contributed by atoms with van der Waals surface area (Å²) in [7, 11) is 0. The highest BCUT2D eigenvalue weighted by Crippen LogP contribution is 2.41. The fourth-order valence-corrected chi connectivity index (χ4v) is 4.87. The van der Waals surface area contributed by atoms with Gasteiger partial charge in [0, 0.05) is 0 Å². The van der Waals surface area contributed by atoms with Crippen molar-refractivity contribution in [2.45, 2.75) is 47.3 Å². The van der Waals surface area contributed by atoms with Gasteiger partial charge in [0.25, 0.3) is 0 Å². The first kappa shape index (κ1) is 22.5. The normalized spacial score (nSPS) is 17.8. The lowest BCUT2D eigenvalue weighted by Crippen LogP contribution is -2.50. The number of benzene rings is 2. The summed E-state index contributed by atoms with van der Waals surface area (Å²) in [6.07, 6.45) is 0. The largest absolute Gasteiger partial charge is 0.424 e. The van der Waals surface area contributed by atoms with Crippen LogP contribution in [0.1, 0.15) is 37.5 Å². The van der Waals surface area contributed by atoms with Crippen LogP contribution in [0.2, 0.25) is 0 Å². The second-order valence-electron chi connectivity index (χ2n) is 8.47. The van der Waals surface area contributed by atoms with Gasteiger partial charge in [-0.1, -0.05) is 17.7 Å². The molecule has 1 fully saturated rings. The Bertz CT molecular complexity index is 909. The minimum atomic E-state index is -0.864. The molecule has 0 atom stereocenters. The SMILES string of the molecule is Cc1cc(C)c(-c2cc(Br)c(OC(=O)C3(C)COC(C)(C)OC3)c(Br)c2)c(C)c1. The molecule has 0 bridgehead atoms. The molecule has 0 aromatic heterocycles. The van der Waals surface area contributed by atoms with Crippen molar-refractivity contribution < 1.29 is 19.0 Å². The summed E-state index contributed by atoms with van der Waals surface area (Å²) >= 11 is 7.15. The summed E-state index contributed by atoms with van der Waals surface area (Å²) in [4.78, 5) is 12.9. The standard InChI is InChI=1S/C23H26Br2O4/c1-13-7-14(2)19(15(3)8-13)16-9-17(24)20(18(25)10-16)29-21(26)23(6)11-27-22(4,5)28-12-23/h7-10H,11-12H2,1-6H3. The molecule has 2 aromatic rings. The van der Waals surface area contributed by atoms with Gasteiger partial charge in [0.2, 0.25) is 0 Å². The summed E-state index contributed by atoms with van der Waals surface area (Å²) in [6, 6.07) is 8.31. The molecule has 4 nitrogen and oxygen atoms in total. The van der Waals surface area contributed by atoms with E-state index in [1.165, 1.54) is 22.3 Å². The first-order chi connectivity index (χ1) is 13.4. The van der Waals surface area contributed by atoms with E-state index in [9.17, 15) is 4.79 Å². The third-order valence-corrected chi connectivity index (χ3v) is 6.31. The molecule has 0 saturated carbocycles. The molecule has 0 amide bonds. The van der Waals surface area contributed by atoms with Crippen LogP contribution in [-0.2, 0) is 14.3 Å².